The minimum Gasteiger partial charge on any atom is -0.334 e. The van der Waals surface area contributed by atoms with Gasteiger partial charge in [-0.1, -0.05) is 59.8 Å². The van der Waals surface area contributed by atoms with Crippen LogP contribution in [0.5, 0.6) is 0 Å². The third kappa shape index (κ3) is 3.66. The molecule has 0 N–H and O–H groups in total. The van der Waals surface area contributed by atoms with Crippen molar-refractivity contribution >= 4 is 51.7 Å². The number of benzene rings is 3. The average molecular weight is 444 g/mol. The van der Waals surface area contributed by atoms with Crippen molar-refractivity contribution in [1.82, 2.24) is 0 Å². The molecule has 0 spiro atoms. The fourth-order valence-corrected chi connectivity index (χ4v) is 6.02. The number of amidine groups is 1. The lowest BCUT2D eigenvalue weighted by Gasteiger charge is -2.19. The predicted molar refractivity (Wildman–Crippen MR) is 132 cm³/mol. The van der Waals surface area contributed by atoms with Crippen LogP contribution >= 0.6 is 23.5 Å². The Bertz CT molecular complexity index is 1200. The molecule has 2 aliphatic heterocycles. The monoisotopic (exact) mass is 443 g/mol. The van der Waals surface area contributed by atoms with Crippen LogP contribution in [0.1, 0.15) is 12.5 Å². The van der Waals surface area contributed by atoms with Gasteiger partial charge in [0.25, 0.3) is 5.91 Å². The first-order chi connectivity index (χ1) is 15.2. The van der Waals surface area contributed by atoms with E-state index in [1.807, 2.05) is 73.7 Å². The first kappa shape index (κ1) is 20.0. The Hall–Kier alpha value is -2.96. The van der Waals surface area contributed by atoms with Gasteiger partial charge in [-0.2, -0.15) is 0 Å². The molecule has 0 saturated carbocycles. The van der Waals surface area contributed by atoms with E-state index >= 15 is 0 Å². The maximum absolute atomic E-state index is 13.7. The van der Waals surface area contributed by atoms with Gasteiger partial charge in [-0.15, -0.1) is 0 Å². The van der Waals surface area contributed by atoms with Gasteiger partial charge in [0.1, 0.15) is 9.93 Å². The van der Waals surface area contributed by atoms with Crippen molar-refractivity contribution in [3.63, 3.8) is 0 Å². The smallest absolute Gasteiger partial charge is 0.274 e. The zero-order chi connectivity index (χ0) is 21.4. The summed E-state index contributed by atoms with van der Waals surface area (Å²) in [5.41, 5.74) is 3.97. The average Bonchev–Trinajstić information content (AvgIpc) is 3.32. The summed E-state index contributed by atoms with van der Waals surface area (Å²) in [7, 11) is 0. The summed E-state index contributed by atoms with van der Waals surface area (Å²) >= 11 is 3.11. The molecule has 1 fully saturated rings. The molecule has 154 valence electrons. The summed E-state index contributed by atoms with van der Waals surface area (Å²) in [6.07, 6.45) is 0. The minimum absolute atomic E-state index is 0.0303. The lowest BCUT2D eigenvalue weighted by atomic mass is 10.2. The second kappa shape index (κ2) is 8.29. The molecule has 0 bridgehead atoms. The SMILES string of the molecule is CCN1/C(=C2/SC(=Nc3ccccc3)N(c3ccc(C)cc3)C2=O)Sc2ccccc21. The van der Waals surface area contributed by atoms with E-state index in [1.165, 1.54) is 16.7 Å². The fraction of sp³-hybridized carbons (Fsp3) is 0.120. The molecule has 0 atom stereocenters. The van der Waals surface area contributed by atoms with Gasteiger partial charge in [0, 0.05) is 11.4 Å². The van der Waals surface area contributed by atoms with E-state index < -0.39 is 0 Å². The Labute approximate surface area is 190 Å². The highest BCUT2D eigenvalue weighted by Crippen LogP contribution is 2.51. The standard InChI is InChI=1S/C25H21N3OS2/c1-3-27-20-11-7-8-12-21(20)30-24(27)22-23(29)28(19-15-13-17(2)14-16-19)25(31-22)26-18-9-5-4-6-10-18/h4-16H,3H2,1-2H3/b24-22-,26-25?. The van der Waals surface area contributed by atoms with Gasteiger partial charge in [0.15, 0.2) is 5.17 Å². The van der Waals surface area contributed by atoms with Gasteiger partial charge in [-0.3, -0.25) is 9.69 Å². The molecule has 31 heavy (non-hydrogen) atoms. The molecule has 3 aromatic rings. The number of para-hydroxylation sites is 2. The van der Waals surface area contributed by atoms with Crippen LogP contribution in [0.25, 0.3) is 0 Å². The highest BCUT2D eigenvalue weighted by Gasteiger charge is 2.40. The maximum atomic E-state index is 13.7. The number of thioether (sulfide) groups is 2. The van der Waals surface area contributed by atoms with Crippen LogP contribution < -0.4 is 9.80 Å². The molecule has 1 saturated heterocycles. The number of fused-ring (bicyclic) bond motifs is 1. The summed E-state index contributed by atoms with van der Waals surface area (Å²) in [5, 5.41) is 1.66. The number of aryl methyl sites for hydroxylation is 1. The van der Waals surface area contributed by atoms with E-state index in [-0.39, 0.29) is 5.91 Å². The largest absolute Gasteiger partial charge is 0.334 e. The number of nitrogens with zero attached hydrogens (tertiary/aromatic N) is 3. The van der Waals surface area contributed by atoms with Crippen molar-refractivity contribution in [1.29, 1.82) is 0 Å². The zero-order valence-electron chi connectivity index (χ0n) is 17.3. The summed E-state index contributed by atoms with van der Waals surface area (Å²) in [5.74, 6) is -0.0303. The summed E-state index contributed by atoms with van der Waals surface area (Å²) in [4.78, 5) is 24.4. The lowest BCUT2D eigenvalue weighted by Crippen LogP contribution is -2.29. The first-order valence-corrected chi connectivity index (χ1v) is 11.8. The molecule has 1 amide bonds. The van der Waals surface area contributed by atoms with Crippen molar-refractivity contribution in [2.45, 2.75) is 18.7 Å². The zero-order valence-corrected chi connectivity index (χ0v) is 18.9. The molecule has 6 heteroatoms. The Morgan fingerprint density at radius 2 is 1.58 bits per heavy atom. The summed E-state index contributed by atoms with van der Waals surface area (Å²) in [6.45, 7) is 4.96. The Balaban J connectivity index is 1.63. The maximum Gasteiger partial charge on any atom is 0.274 e. The second-order valence-electron chi connectivity index (χ2n) is 7.26. The number of carbonyl (C=O) groups excluding carboxylic acids is 1. The third-order valence-electron chi connectivity index (χ3n) is 5.17. The quantitative estimate of drug-likeness (QED) is 0.429. The number of rotatable bonds is 3. The normalized spacial score (nSPS) is 19.4. The molecule has 4 nitrogen and oxygen atoms in total. The predicted octanol–water partition coefficient (Wildman–Crippen LogP) is 6.56. The van der Waals surface area contributed by atoms with E-state index in [4.69, 9.17) is 4.99 Å². The van der Waals surface area contributed by atoms with Crippen molar-refractivity contribution in [2.75, 3.05) is 16.3 Å². The van der Waals surface area contributed by atoms with Crippen molar-refractivity contribution in [3.05, 3.63) is 94.4 Å². The van der Waals surface area contributed by atoms with Crippen LogP contribution in [0.3, 0.4) is 0 Å². The molecule has 0 aliphatic carbocycles. The molecule has 2 heterocycles. The van der Waals surface area contributed by atoms with E-state index in [9.17, 15) is 4.79 Å². The van der Waals surface area contributed by atoms with Crippen LogP contribution in [0, 0.1) is 6.92 Å². The number of amides is 1. The minimum atomic E-state index is -0.0303. The van der Waals surface area contributed by atoms with Gasteiger partial charge in [0.05, 0.1) is 17.1 Å². The highest BCUT2D eigenvalue weighted by molar-refractivity contribution is 8.20. The summed E-state index contributed by atoms with van der Waals surface area (Å²) < 4.78 is 0. The van der Waals surface area contributed by atoms with Gasteiger partial charge < -0.3 is 4.90 Å². The molecule has 3 aromatic carbocycles. The van der Waals surface area contributed by atoms with Crippen LogP contribution in [0.4, 0.5) is 17.1 Å². The number of carbonyl (C=O) groups is 1. The summed E-state index contributed by atoms with van der Waals surface area (Å²) in [6, 6.07) is 26.1. The van der Waals surface area contributed by atoms with E-state index in [0.717, 1.165) is 39.1 Å². The van der Waals surface area contributed by atoms with E-state index in [2.05, 4.69) is 24.0 Å². The molecule has 0 unspecified atom stereocenters. The molecule has 5 rings (SSSR count). The Morgan fingerprint density at radius 3 is 2.32 bits per heavy atom. The van der Waals surface area contributed by atoms with Crippen molar-refractivity contribution in [2.24, 2.45) is 4.99 Å². The topological polar surface area (TPSA) is 35.9 Å². The Morgan fingerprint density at radius 1 is 0.871 bits per heavy atom. The third-order valence-corrected chi connectivity index (χ3v) is 7.51. The molecule has 0 radical (unpaired) electrons. The number of hydrogen-bond donors (Lipinski definition) is 0. The van der Waals surface area contributed by atoms with Gasteiger partial charge in [0.2, 0.25) is 0 Å². The van der Waals surface area contributed by atoms with Crippen LogP contribution in [0.2, 0.25) is 0 Å². The van der Waals surface area contributed by atoms with Crippen molar-refractivity contribution < 1.29 is 4.79 Å². The highest BCUT2D eigenvalue weighted by atomic mass is 32.2. The Kier molecular flexibility index (Phi) is 5.34. The van der Waals surface area contributed by atoms with Crippen LogP contribution in [0.15, 0.2) is 98.7 Å². The molecule has 2 aliphatic rings. The fourth-order valence-electron chi connectivity index (χ4n) is 3.63. The first-order valence-electron chi connectivity index (χ1n) is 10.2. The number of aliphatic imine (C=N–C) groups is 1. The van der Waals surface area contributed by atoms with Crippen LogP contribution in [-0.2, 0) is 4.79 Å². The molecule has 0 aromatic heterocycles. The van der Waals surface area contributed by atoms with E-state index in [0.29, 0.717) is 5.17 Å². The molecular formula is C25H21N3OS2. The number of anilines is 2. The van der Waals surface area contributed by atoms with Gasteiger partial charge >= 0.3 is 0 Å². The van der Waals surface area contributed by atoms with E-state index in [1.54, 1.807) is 16.7 Å². The van der Waals surface area contributed by atoms with Gasteiger partial charge in [-0.05, 0) is 62.0 Å². The number of hydrogen-bond acceptors (Lipinski definition) is 5. The van der Waals surface area contributed by atoms with Gasteiger partial charge in [-0.25, -0.2) is 4.99 Å². The lowest BCUT2D eigenvalue weighted by molar-refractivity contribution is -0.113. The second-order valence-corrected chi connectivity index (χ2v) is 9.26. The molecular weight excluding hydrogens is 422 g/mol. The van der Waals surface area contributed by atoms with Crippen molar-refractivity contribution in [3.8, 4) is 0 Å². The van der Waals surface area contributed by atoms with Crippen LogP contribution in [-0.4, -0.2) is 17.6 Å².